The fourth-order valence-electron chi connectivity index (χ4n) is 2.22. The number of hydrogen-bond donors (Lipinski definition) is 0. The molecule has 1 aromatic rings. The summed E-state index contributed by atoms with van der Waals surface area (Å²) in [6.07, 6.45) is 2.01. The van der Waals surface area contributed by atoms with Crippen LogP contribution in [0.1, 0.15) is 18.9 Å². The van der Waals surface area contributed by atoms with Crippen LogP contribution in [0.3, 0.4) is 0 Å². The first-order valence-corrected chi connectivity index (χ1v) is 6.68. The Morgan fingerprint density at radius 1 is 1.53 bits per heavy atom. The third-order valence-electron chi connectivity index (χ3n) is 3.01. The number of rotatable bonds is 2. The molecule has 1 aliphatic heterocycles. The van der Waals surface area contributed by atoms with Gasteiger partial charge in [-0.1, -0.05) is 28.1 Å². The van der Waals surface area contributed by atoms with Crippen molar-refractivity contribution < 1.29 is 9.53 Å². The van der Waals surface area contributed by atoms with Gasteiger partial charge in [-0.15, -0.1) is 0 Å². The number of carbonyl (C=O) groups is 1. The van der Waals surface area contributed by atoms with E-state index in [-0.39, 0.29) is 10.7 Å². The highest BCUT2D eigenvalue weighted by atomic mass is 79.9. The van der Waals surface area contributed by atoms with Crippen LogP contribution in [-0.2, 0) is 11.2 Å². The number of alkyl halides is 1. The van der Waals surface area contributed by atoms with E-state index in [2.05, 4.69) is 22.0 Å². The number of benzene rings is 1. The molecule has 4 heteroatoms. The van der Waals surface area contributed by atoms with Crippen molar-refractivity contribution >= 4 is 27.5 Å². The van der Waals surface area contributed by atoms with Crippen molar-refractivity contribution in [2.75, 3.05) is 18.6 Å². The number of para-hydroxylation sites is 1. The van der Waals surface area contributed by atoms with Crippen molar-refractivity contribution in [2.24, 2.45) is 0 Å². The molecular formula is C13H16BrNO2. The number of nitrogens with zero attached hydrogens (tertiary/aromatic N) is 1. The van der Waals surface area contributed by atoms with Gasteiger partial charge in [-0.25, -0.2) is 0 Å². The molecule has 1 aromatic carbocycles. The molecule has 0 fully saturated rings. The van der Waals surface area contributed by atoms with Crippen LogP contribution in [0, 0.1) is 0 Å². The van der Waals surface area contributed by atoms with Gasteiger partial charge in [-0.3, -0.25) is 4.79 Å². The predicted octanol–water partition coefficient (Wildman–Crippen LogP) is 2.76. The van der Waals surface area contributed by atoms with Crippen molar-refractivity contribution in [2.45, 2.75) is 24.6 Å². The Labute approximate surface area is 110 Å². The zero-order valence-corrected chi connectivity index (χ0v) is 11.7. The van der Waals surface area contributed by atoms with E-state index in [1.54, 1.807) is 7.11 Å². The maximum Gasteiger partial charge on any atom is 0.240 e. The van der Waals surface area contributed by atoms with E-state index in [9.17, 15) is 4.79 Å². The molecule has 0 N–H and O–H groups in total. The summed E-state index contributed by atoms with van der Waals surface area (Å²) in [5.41, 5.74) is 2.13. The van der Waals surface area contributed by atoms with Gasteiger partial charge in [0.1, 0.15) is 5.75 Å². The molecule has 1 atom stereocenters. The summed E-state index contributed by atoms with van der Waals surface area (Å²) in [6.45, 7) is 2.62. The Morgan fingerprint density at radius 3 is 2.94 bits per heavy atom. The molecule has 1 amide bonds. The lowest BCUT2D eigenvalue weighted by atomic mass is 10.0. The van der Waals surface area contributed by atoms with Gasteiger partial charge in [-0.05, 0) is 31.4 Å². The summed E-state index contributed by atoms with van der Waals surface area (Å²) in [5, 5.41) is 0. The first-order chi connectivity index (χ1) is 8.15. The van der Waals surface area contributed by atoms with Crippen LogP contribution < -0.4 is 9.64 Å². The van der Waals surface area contributed by atoms with Crippen molar-refractivity contribution in [3.8, 4) is 5.75 Å². The Bertz CT molecular complexity index is 417. The lowest BCUT2D eigenvalue weighted by molar-refractivity contribution is -0.117. The molecule has 0 aliphatic carbocycles. The minimum atomic E-state index is -0.168. The third-order valence-corrected chi connectivity index (χ3v) is 3.40. The van der Waals surface area contributed by atoms with E-state index in [4.69, 9.17) is 4.74 Å². The highest BCUT2D eigenvalue weighted by molar-refractivity contribution is 9.10. The van der Waals surface area contributed by atoms with Gasteiger partial charge in [0.15, 0.2) is 0 Å². The molecule has 0 spiro atoms. The minimum absolute atomic E-state index is 0.0930. The van der Waals surface area contributed by atoms with E-state index >= 15 is 0 Å². The Kier molecular flexibility index (Phi) is 3.72. The molecule has 17 heavy (non-hydrogen) atoms. The Hall–Kier alpha value is -1.03. The van der Waals surface area contributed by atoms with Crippen LogP contribution >= 0.6 is 15.9 Å². The SMILES string of the molecule is COc1cccc2c1N(C(=O)C(C)Br)CCC2. The smallest absolute Gasteiger partial charge is 0.240 e. The molecule has 3 nitrogen and oxygen atoms in total. The van der Waals surface area contributed by atoms with Crippen LogP contribution in [0.2, 0.25) is 0 Å². The molecule has 1 unspecified atom stereocenters. The summed E-state index contributed by atoms with van der Waals surface area (Å²) in [7, 11) is 1.64. The maximum atomic E-state index is 12.2. The summed E-state index contributed by atoms with van der Waals surface area (Å²) in [4.78, 5) is 13.8. The van der Waals surface area contributed by atoms with Gasteiger partial charge >= 0.3 is 0 Å². The molecule has 0 saturated carbocycles. The number of carbonyl (C=O) groups excluding carboxylic acids is 1. The fourth-order valence-corrected chi connectivity index (χ4v) is 2.46. The fraction of sp³-hybridized carbons (Fsp3) is 0.462. The highest BCUT2D eigenvalue weighted by Gasteiger charge is 2.27. The van der Waals surface area contributed by atoms with Crippen molar-refractivity contribution in [3.63, 3.8) is 0 Å². The minimum Gasteiger partial charge on any atom is -0.495 e. The average Bonchev–Trinajstić information content (AvgIpc) is 2.36. The topological polar surface area (TPSA) is 29.5 Å². The molecule has 0 aromatic heterocycles. The second kappa shape index (κ2) is 5.08. The van der Waals surface area contributed by atoms with Crippen molar-refractivity contribution in [1.82, 2.24) is 0 Å². The van der Waals surface area contributed by atoms with Gasteiger partial charge in [0.25, 0.3) is 0 Å². The van der Waals surface area contributed by atoms with E-state index in [0.717, 1.165) is 30.8 Å². The number of hydrogen-bond acceptors (Lipinski definition) is 2. The van der Waals surface area contributed by atoms with Crippen LogP contribution in [0.4, 0.5) is 5.69 Å². The summed E-state index contributed by atoms with van der Waals surface area (Å²) in [5.74, 6) is 0.874. The van der Waals surface area contributed by atoms with Crippen LogP contribution in [0.5, 0.6) is 5.75 Å². The van der Waals surface area contributed by atoms with Gasteiger partial charge in [0.2, 0.25) is 5.91 Å². The number of methoxy groups -OCH3 is 1. The second-order valence-electron chi connectivity index (χ2n) is 4.18. The molecule has 0 bridgehead atoms. The first-order valence-electron chi connectivity index (χ1n) is 5.76. The largest absolute Gasteiger partial charge is 0.495 e. The van der Waals surface area contributed by atoms with Crippen LogP contribution in [-0.4, -0.2) is 24.4 Å². The first kappa shape index (κ1) is 12.4. The number of amides is 1. The number of halogens is 1. The van der Waals surface area contributed by atoms with E-state index in [1.165, 1.54) is 5.56 Å². The lowest BCUT2D eigenvalue weighted by Crippen LogP contribution is -2.39. The average molecular weight is 298 g/mol. The number of aryl methyl sites for hydroxylation is 1. The molecule has 1 heterocycles. The third kappa shape index (κ3) is 2.32. The summed E-state index contributed by atoms with van der Waals surface area (Å²) in [6, 6.07) is 5.95. The van der Waals surface area contributed by atoms with Crippen molar-refractivity contribution in [3.05, 3.63) is 23.8 Å². The summed E-state index contributed by atoms with van der Waals surface area (Å²) >= 11 is 3.34. The Balaban J connectivity index is 2.45. The monoisotopic (exact) mass is 297 g/mol. The quantitative estimate of drug-likeness (QED) is 0.786. The van der Waals surface area contributed by atoms with Gasteiger partial charge < -0.3 is 9.64 Å². The summed E-state index contributed by atoms with van der Waals surface area (Å²) < 4.78 is 5.36. The van der Waals surface area contributed by atoms with Gasteiger partial charge in [0.05, 0.1) is 17.6 Å². The lowest BCUT2D eigenvalue weighted by Gasteiger charge is -2.31. The number of anilines is 1. The van der Waals surface area contributed by atoms with Crippen LogP contribution in [0.25, 0.3) is 0 Å². The van der Waals surface area contributed by atoms with Gasteiger partial charge in [0, 0.05) is 6.54 Å². The normalized spacial score (nSPS) is 16.3. The maximum absolute atomic E-state index is 12.2. The zero-order chi connectivity index (χ0) is 12.4. The molecule has 0 saturated heterocycles. The standard InChI is InChI=1S/C13H16BrNO2/c1-9(14)13(16)15-8-4-6-10-5-3-7-11(17-2)12(10)15/h3,5,7,9H,4,6,8H2,1-2H3. The Morgan fingerprint density at radius 2 is 2.29 bits per heavy atom. The molecule has 92 valence electrons. The highest BCUT2D eigenvalue weighted by Crippen LogP contribution is 2.36. The van der Waals surface area contributed by atoms with E-state index in [0.29, 0.717) is 0 Å². The predicted molar refractivity (Wildman–Crippen MR) is 72.1 cm³/mol. The van der Waals surface area contributed by atoms with E-state index in [1.807, 2.05) is 24.0 Å². The second-order valence-corrected chi connectivity index (χ2v) is 5.55. The van der Waals surface area contributed by atoms with Gasteiger partial charge in [-0.2, -0.15) is 0 Å². The number of ether oxygens (including phenoxy) is 1. The molecule has 2 rings (SSSR count). The molecular weight excluding hydrogens is 282 g/mol. The van der Waals surface area contributed by atoms with E-state index < -0.39 is 0 Å². The number of fused-ring (bicyclic) bond motifs is 1. The molecule has 0 radical (unpaired) electrons. The molecule has 1 aliphatic rings. The van der Waals surface area contributed by atoms with Crippen LogP contribution in [0.15, 0.2) is 18.2 Å². The van der Waals surface area contributed by atoms with Crippen molar-refractivity contribution in [1.29, 1.82) is 0 Å². The zero-order valence-electron chi connectivity index (χ0n) is 10.1.